The Morgan fingerprint density at radius 2 is 1.63 bits per heavy atom. The molecule has 2 rings (SSSR count). The van der Waals surface area contributed by atoms with Crippen LogP contribution in [0.15, 0.2) is 12.1 Å². The molecule has 0 atom stereocenters. The van der Waals surface area contributed by atoms with E-state index in [1.54, 1.807) is 0 Å². The summed E-state index contributed by atoms with van der Waals surface area (Å²) in [5.41, 5.74) is -1.82. The van der Waals surface area contributed by atoms with E-state index in [2.05, 4.69) is 0 Å². The molecule has 0 amide bonds. The fraction of sp³-hybridized carbons (Fsp3) is 0.462. The highest BCUT2D eigenvalue weighted by Crippen LogP contribution is 2.36. The van der Waals surface area contributed by atoms with Crippen LogP contribution >= 0.6 is 0 Å². The largest absolute Gasteiger partial charge is 0.497 e. The van der Waals surface area contributed by atoms with E-state index >= 15 is 0 Å². The minimum Gasteiger partial charge on any atom is -0.399 e. The summed E-state index contributed by atoms with van der Waals surface area (Å²) in [4.78, 5) is 10.7. The van der Waals surface area contributed by atoms with Crippen LogP contribution in [0.4, 0.5) is 8.78 Å². The first-order valence-electron chi connectivity index (χ1n) is 5.98. The van der Waals surface area contributed by atoms with Gasteiger partial charge in [0.05, 0.1) is 16.8 Å². The van der Waals surface area contributed by atoms with Gasteiger partial charge in [0.1, 0.15) is 11.6 Å². The number of rotatable bonds is 2. The van der Waals surface area contributed by atoms with Crippen molar-refractivity contribution in [2.24, 2.45) is 0 Å². The molecule has 0 radical (unpaired) electrons. The quantitative estimate of drug-likeness (QED) is 0.608. The lowest BCUT2D eigenvalue weighted by Gasteiger charge is -2.32. The van der Waals surface area contributed by atoms with Crippen molar-refractivity contribution < 1.29 is 22.9 Å². The maximum atomic E-state index is 14.1. The number of aldehydes is 1. The van der Waals surface area contributed by atoms with Gasteiger partial charge in [-0.15, -0.1) is 0 Å². The third-order valence-electron chi connectivity index (χ3n) is 3.78. The predicted octanol–water partition coefficient (Wildman–Crippen LogP) is 2.08. The van der Waals surface area contributed by atoms with E-state index in [0.717, 1.165) is 6.07 Å². The number of benzene rings is 1. The molecule has 1 aromatic carbocycles. The van der Waals surface area contributed by atoms with Gasteiger partial charge in [-0.2, -0.15) is 0 Å². The average Bonchev–Trinajstić information content (AvgIpc) is 2.48. The lowest BCUT2D eigenvalue weighted by Crippen LogP contribution is -2.41. The summed E-state index contributed by atoms with van der Waals surface area (Å²) in [6, 6.07) is 2.27. The Bertz CT molecular complexity index is 513. The molecule has 1 aliphatic rings. The monoisotopic (exact) mass is 268 g/mol. The number of carbonyl (C=O) groups is 1. The molecule has 0 spiro atoms. The number of hydrogen-bond acceptors (Lipinski definition) is 3. The number of halogens is 2. The summed E-state index contributed by atoms with van der Waals surface area (Å²) >= 11 is 0. The second-order valence-electron chi connectivity index (χ2n) is 5.57. The van der Waals surface area contributed by atoms with Crippen LogP contribution in [0.25, 0.3) is 0 Å². The van der Waals surface area contributed by atoms with Crippen molar-refractivity contribution in [3.05, 3.63) is 29.3 Å². The highest BCUT2D eigenvalue weighted by Gasteiger charge is 2.52. The van der Waals surface area contributed by atoms with Crippen molar-refractivity contribution in [2.75, 3.05) is 0 Å². The second kappa shape index (κ2) is 4.39. The minimum atomic E-state index is -0.954. The maximum absolute atomic E-state index is 14.1. The molecule has 102 valence electrons. The second-order valence-corrected chi connectivity index (χ2v) is 5.57. The molecule has 3 nitrogen and oxygen atoms in total. The lowest BCUT2D eigenvalue weighted by molar-refractivity contribution is 0.00578. The van der Waals surface area contributed by atoms with Gasteiger partial charge in [0.15, 0.2) is 6.29 Å². The van der Waals surface area contributed by atoms with Gasteiger partial charge in [-0.25, -0.2) is 8.78 Å². The summed E-state index contributed by atoms with van der Waals surface area (Å²) in [5.74, 6) is -1.83. The smallest absolute Gasteiger partial charge is 0.399 e. The molecule has 1 aromatic rings. The Balaban J connectivity index is 2.43. The van der Waals surface area contributed by atoms with Crippen LogP contribution in [-0.2, 0) is 9.31 Å². The summed E-state index contributed by atoms with van der Waals surface area (Å²) < 4.78 is 38.7. The van der Waals surface area contributed by atoms with E-state index in [1.807, 2.05) is 27.7 Å². The Morgan fingerprint density at radius 3 is 2.11 bits per heavy atom. The van der Waals surface area contributed by atoms with Crippen molar-refractivity contribution in [1.29, 1.82) is 0 Å². The molecular weight excluding hydrogens is 253 g/mol. The SMILES string of the molecule is CC1(C)OB(c2ccc(F)c(C=O)c2F)OC1(C)C. The first kappa shape index (κ1) is 14.2. The highest BCUT2D eigenvalue weighted by molar-refractivity contribution is 6.62. The van der Waals surface area contributed by atoms with E-state index in [0.29, 0.717) is 0 Å². The molecule has 1 fully saturated rings. The minimum absolute atomic E-state index is 0.0298. The van der Waals surface area contributed by atoms with Crippen molar-refractivity contribution in [3.63, 3.8) is 0 Å². The predicted molar refractivity (Wildman–Crippen MR) is 67.5 cm³/mol. The van der Waals surface area contributed by atoms with E-state index in [1.165, 1.54) is 6.07 Å². The molecule has 0 bridgehead atoms. The van der Waals surface area contributed by atoms with E-state index < -0.39 is 35.5 Å². The summed E-state index contributed by atoms with van der Waals surface area (Å²) in [7, 11) is -0.954. The number of hydrogen-bond donors (Lipinski definition) is 0. The summed E-state index contributed by atoms with van der Waals surface area (Å²) in [6.07, 6.45) is 0.152. The lowest BCUT2D eigenvalue weighted by atomic mass is 9.78. The molecule has 6 heteroatoms. The average molecular weight is 268 g/mol. The Labute approximate surface area is 111 Å². The van der Waals surface area contributed by atoms with E-state index in [-0.39, 0.29) is 11.7 Å². The van der Waals surface area contributed by atoms with Gasteiger partial charge in [0, 0.05) is 5.46 Å². The third kappa shape index (κ3) is 2.19. The Kier molecular flexibility index (Phi) is 3.27. The van der Waals surface area contributed by atoms with Gasteiger partial charge in [-0.1, -0.05) is 6.07 Å². The van der Waals surface area contributed by atoms with Gasteiger partial charge in [-0.3, -0.25) is 4.79 Å². The van der Waals surface area contributed by atoms with Crippen LogP contribution in [0.5, 0.6) is 0 Å². The molecule has 1 heterocycles. The van der Waals surface area contributed by atoms with Gasteiger partial charge in [0.2, 0.25) is 0 Å². The van der Waals surface area contributed by atoms with Crippen molar-refractivity contribution in [1.82, 2.24) is 0 Å². The zero-order valence-electron chi connectivity index (χ0n) is 11.3. The molecule has 0 aliphatic carbocycles. The van der Waals surface area contributed by atoms with Gasteiger partial charge < -0.3 is 9.31 Å². The van der Waals surface area contributed by atoms with Crippen molar-refractivity contribution >= 4 is 18.9 Å². The molecular formula is C13H15BF2O3. The van der Waals surface area contributed by atoms with Crippen molar-refractivity contribution in [2.45, 2.75) is 38.9 Å². The van der Waals surface area contributed by atoms with Gasteiger partial charge in [-0.05, 0) is 33.8 Å². The molecule has 0 N–H and O–H groups in total. The van der Waals surface area contributed by atoms with Crippen LogP contribution in [0.1, 0.15) is 38.1 Å². The third-order valence-corrected chi connectivity index (χ3v) is 3.78. The Morgan fingerprint density at radius 1 is 1.11 bits per heavy atom. The molecule has 0 saturated carbocycles. The fourth-order valence-electron chi connectivity index (χ4n) is 1.85. The van der Waals surface area contributed by atoms with Gasteiger partial charge in [0.25, 0.3) is 0 Å². The summed E-state index contributed by atoms with van der Waals surface area (Å²) in [5, 5.41) is 0. The normalized spacial score (nSPS) is 20.6. The Hall–Kier alpha value is -1.27. The molecule has 1 saturated heterocycles. The van der Waals surface area contributed by atoms with Crippen LogP contribution in [0, 0.1) is 11.6 Å². The fourth-order valence-corrected chi connectivity index (χ4v) is 1.85. The summed E-state index contributed by atoms with van der Waals surface area (Å²) in [6.45, 7) is 7.31. The topological polar surface area (TPSA) is 35.5 Å². The maximum Gasteiger partial charge on any atom is 0.497 e. The van der Waals surface area contributed by atoms with Gasteiger partial charge >= 0.3 is 7.12 Å². The molecule has 0 aromatic heterocycles. The van der Waals surface area contributed by atoms with Crippen molar-refractivity contribution in [3.8, 4) is 0 Å². The van der Waals surface area contributed by atoms with E-state index in [4.69, 9.17) is 9.31 Å². The molecule has 19 heavy (non-hydrogen) atoms. The standard InChI is InChI=1S/C13H15BF2O3/c1-12(2)13(3,4)19-14(18-12)9-5-6-10(15)8(7-17)11(9)16/h5-7H,1-4H3. The van der Waals surface area contributed by atoms with Crippen LogP contribution < -0.4 is 5.46 Å². The van der Waals surface area contributed by atoms with Crippen LogP contribution in [-0.4, -0.2) is 24.6 Å². The first-order valence-corrected chi connectivity index (χ1v) is 5.98. The highest BCUT2D eigenvalue weighted by atomic mass is 19.1. The zero-order valence-corrected chi connectivity index (χ0v) is 11.3. The van der Waals surface area contributed by atoms with E-state index in [9.17, 15) is 13.6 Å². The van der Waals surface area contributed by atoms with Crippen LogP contribution in [0.2, 0.25) is 0 Å². The zero-order chi connectivity index (χ0) is 14.4. The molecule has 1 aliphatic heterocycles. The first-order chi connectivity index (χ1) is 8.69. The molecule has 0 unspecified atom stereocenters. The number of carbonyl (C=O) groups excluding carboxylic acids is 1. The van der Waals surface area contributed by atoms with Crippen LogP contribution in [0.3, 0.4) is 0 Å².